The molecule has 21 heavy (non-hydrogen) atoms. The second kappa shape index (κ2) is 7.78. The van der Waals surface area contributed by atoms with Gasteiger partial charge in [0.2, 0.25) is 0 Å². The van der Waals surface area contributed by atoms with Gasteiger partial charge in [0.15, 0.2) is 0 Å². The molecule has 1 fully saturated rings. The summed E-state index contributed by atoms with van der Waals surface area (Å²) in [5.74, 6) is 0. The zero-order chi connectivity index (χ0) is 14.8. The van der Waals surface area contributed by atoms with Crippen molar-refractivity contribution < 1.29 is 17.9 Å². The topological polar surface area (TPSA) is 38.5 Å². The molecule has 0 saturated carbocycles. The van der Waals surface area contributed by atoms with E-state index in [2.05, 4.69) is 15.9 Å². The van der Waals surface area contributed by atoms with Gasteiger partial charge < -0.3 is 10.5 Å². The first-order valence-electron chi connectivity index (χ1n) is 6.30. The third kappa shape index (κ3) is 5.10. The molecule has 1 aromatic carbocycles. The van der Waals surface area contributed by atoms with Gasteiger partial charge in [0.1, 0.15) is 0 Å². The van der Waals surface area contributed by atoms with Crippen LogP contribution in [0.2, 0.25) is 0 Å². The molecule has 3 nitrogen and oxygen atoms in total. The molecule has 0 aliphatic carbocycles. The highest BCUT2D eigenvalue weighted by atomic mass is 79.9. The minimum Gasteiger partial charge on any atom is -0.374 e. The van der Waals surface area contributed by atoms with Crippen LogP contribution in [0, 0.1) is 0 Å². The van der Waals surface area contributed by atoms with E-state index in [1.54, 1.807) is 6.07 Å². The van der Waals surface area contributed by atoms with E-state index < -0.39 is 11.7 Å². The van der Waals surface area contributed by atoms with Crippen molar-refractivity contribution in [2.75, 3.05) is 26.2 Å². The Labute approximate surface area is 136 Å². The molecule has 1 aromatic rings. The fraction of sp³-hybridized carbons (Fsp3) is 0.538. The number of nitrogens with two attached hydrogens (primary N) is 1. The van der Waals surface area contributed by atoms with Crippen LogP contribution < -0.4 is 5.73 Å². The lowest BCUT2D eigenvalue weighted by Gasteiger charge is -2.32. The van der Waals surface area contributed by atoms with Gasteiger partial charge in [-0.15, -0.1) is 12.4 Å². The van der Waals surface area contributed by atoms with Crippen LogP contribution in [0.4, 0.5) is 13.2 Å². The number of hydrogen-bond donors (Lipinski definition) is 1. The van der Waals surface area contributed by atoms with Crippen LogP contribution in [-0.2, 0) is 17.5 Å². The van der Waals surface area contributed by atoms with Crippen LogP contribution in [0.15, 0.2) is 22.7 Å². The maximum Gasteiger partial charge on any atom is 0.416 e. The number of morpholine rings is 1. The Hall–Kier alpha value is -0.340. The highest BCUT2D eigenvalue weighted by Gasteiger charge is 2.34. The Morgan fingerprint density at radius 1 is 1.38 bits per heavy atom. The molecule has 8 heteroatoms. The Balaban J connectivity index is 0.00000220. The van der Waals surface area contributed by atoms with Crippen LogP contribution in [0.5, 0.6) is 0 Å². The first-order valence-corrected chi connectivity index (χ1v) is 7.09. The first kappa shape index (κ1) is 18.7. The lowest BCUT2D eigenvalue weighted by Crippen LogP contribution is -2.45. The summed E-state index contributed by atoms with van der Waals surface area (Å²) >= 11 is 3.08. The largest absolute Gasteiger partial charge is 0.416 e. The molecule has 1 heterocycles. The predicted octanol–water partition coefficient (Wildman–Crippen LogP) is 3.05. The fourth-order valence-corrected chi connectivity index (χ4v) is 2.62. The number of rotatable bonds is 3. The molecule has 1 unspecified atom stereocenters. The van der Waals surface area contributed by atoms with Gasteiger partial charge >= 0.3 is 6.18 Å². The molecule has 1 atom stereocenters. The summed E-state index contributed by atoms with van der Waals surface area (Å²) in [5.41, 5.74) is 5.22. The maximum absolute atomic E-state index is 13.0. The van der Waals surface area contributed by atoms with Gasteiger partial charge in [-0.05, 0) is 17.7 Å². The van der Waals surface area contributed by atoms with Gasteiger partial charge in [-0.3, -0.25) is 4.90 Å². The van der Waals surface area contributed by atoms with Crippen LogP contribution >= 0.6 is 28.3 Å². The van der Waals surface area contributed by atoms with Crippen molar-refractivity contribution in [3.8, 4) is 0 Å². The second-order valence-electron chi connectivity index (χ2n) is 4.76. The first-order chi connectivity index (χ1) is 9.40. The van der Waals surface area contributed by atoms with Gasteiger partial charge in [-0.25, -0.2) is 0 Å². The van der Waals surface area contributed by atoms with E-state index in [1.807, 2.05) is 4.90 Å². The molecule has 1 saturated heterocycles. The van der Waals surface area contributed by atoms with Crippen LogP contribution in [0.25, 0.3) is 0 Å². The van der Waals surface area contributed by atoms with E-state index in [0.717, 1.165) is 6.07 Å². The van der Waals surface area contributed by atoms with E-state index in [0.29, 0.717) is 30.7 Å². The summed E-state index contributed by atoms with van der Waals surface area (Å²) in [7, 11) is 0. The number of nitrogens with zero attached hydrogens (tertiary/aromatic N) is 1. The summed E-state index contributed by atoms with van der Waals surface area (Å²) in [6, 6.07) is 4.27. The number of halogens is 5. The molecule has 1 aliphatic rings. The smallest absolute Gasteiger partial charge is 0.374 e. The molecular weight excluding hydrogens is 373 g/mol. The zero-order valence-corrected chi connectivity index (χ0v) is 13.6. The number of benzene rings is 1. The van der Waals surface area contributed by atoms with Gasteiger partial charge in [-0.2, -0.15) is 13.2 Å². The van der Waals surface area contributed by atoms with E-state index >= 15 is 0 Å². The van der Waals surface area contributed by atoms with Crippen molar-refractivity contribution in [3.05, 3.63) is 33.8 Å². The molecular formula is C13H17BrClF3N2O. The van der Waals surface area contributed by atoms with Crippen LogP contribution in [-0.4, -0.2) is 37.2 Å². The summed E-state index contributed by atoms with van der Waals surface area (Å²) in [6.07, 6.45) is -4.45. The quantitative estimate of drug-likeness (QED) is 0.863. The van der Waals surface area contributed by atoms with E-state index in [-0.39, 0.29) is 30.6 Å². The molecule has 1 aliphatic heterocycles. The molecule has 0 amide bonds. The zero-order valence-electron chi connectivity index (χ0n) is 11.2. The van der Waals surface area contributed by atoms with Crippen molar-refractivity contribution in [3.63, 3.8) is 0 Å². The van der Waals surface area contributed by atoms with Gasteiger partial charge in [0.25, 0.3) is 0 Å². The van der Waals surface area contributed by atoms with Crippen molar-refractivity contribution in [2.45, 2.75) is 18.8 Å². The van der Waals surface area contributed by atoms with Crippen molar-refractivity contribution in [2.24, 2.45) is 5.73 Å². The summed E-state index contributed by atoms with van der Waals surface area (Å²) in [5, 5.41) is 0. The molecule has 2 N–H and O–H groups in total. The monoisotopic (exact) mass is 388 g/mol. The van der Waals surface area contributed by atoms with Crippen molar-refractivity contribution in [1.82, 2.24) is 4.90 Å². The summed E-state index contributed by atoms with van der Waals surface area (Å²) in [6.45, 7) is 2.30. The SMILES string of the molecule is Cl.NCC1CN(Cc2ccc(Br)cc2C(F)(F)F)CCO1. The summed E-state index contributed by atoms with van der Waals surface area (Å²) in [4.78, 5) is 1.94. The third-order valence-electron chi connectivity index (χ3n) is 3.26. The number of alkyl halides is 3. The highest BCUT2D eigenvalue weighted by molar-refractivity contribution is 9.10. The molecule has 0 spiro atoms. The van der Waals surface area contributed by atoms with Crippen molar-refractivity contribution >= 4 is 28.3 Å². The average molecular weight is 390 g/mol. The molecule has 120 valence electrons. The van der Waals surface area contributed by atoms with E-state index in [4.69, 9.17) is 10.5 Å². The Morgan fingerprint density at radius 3 is 2.71 bits per heavy atom. The van der Waals surface area contributed by atoms with Crippen molar-refractivity contribution in [1.29, 1.82) is 0 Å². The van der Waals surface area contributed by atoms with Gasteiger partial charge in [0.05, 0.1) is 18.3 Å². The number of ether oxygens (including phenoxy) is 1. The summed E-state index contributed by atoms with van der Waals surface area (Å²) < 4.78 is 45.0. The Kier molecular flexibility index (Phi) is 6.93. The Morgan fingerprint density at radius 2 is 2.10 bits per heavy atom. The third-order valence-corrected chi connectivity index (χ3v) is 3.75. The minimum atomic E-state index is -4.35. The normalized spacial score (nSPS) is 20.1. The Bertz CT molecular complexity index is 473. The van der Waals surface area contributed by atoms with E-state index in [1.165, 1.54) is 6.07 Å². The fourth-order valence-electron chi connectivity index (χ4n) is 2.26. The molecule has 0 bridgehead atoms. The lowest BCUT2D eigenvalue weighted by atomic mass is 10.1. The second-order valence-corrected chi connectivity index (χ2v) is 5.68. The van der Waals surface area contributed by atoms with Gasteiger partial charge in [-0.1, -0.05) is 22.0 Å². The number of hydrogen-bond acceptors (Lipinski definition) is 3. The highest BCUT2D eigenvalue weighted by Crippen LogP contribution is 2.34. The van der Waals surface area contributed by atoms with Gasteiger partial charge in [0, 0.05) is 30.7 Å². The standard InChI is InChI=1S/C13H16BrF3N2O.ClH/c14-10-2-1-9(12(5-10)13(15,16)17)7-19-3-4-20-11(6-18)8-19;/h1-2,5,11H,3-4,6-8,18H2;1H. The van der Waals surface area contributed by atoms with E-state index in [9.17, 15) is 13.2 Å². The molecule has 0 aromatic heterocycles. The predicted molar refractivity (Wildman–Crippen MR) is 80.5 cm³/mol. The lowest BCUT2D eigenvalue weighted by molar-refractivity contribution is -0.138. The van der Waals surface area contributed by atoms with Crippen LogP contribution in [0.3, 0.4) is 0 Å². The average Bonchev–Trinajstić information content (AvgIpc) is 2.40. The minimum absolute atomic E-state index is 0. The van der Waals surface area contributed by atoms with Crippen LogP contribution in [0.1, 0.15) is 11.1 Å². The molecule has 0 radical (unpaired) electrons. The maximum atomic E-state index is 13.0. The molecule has 2 rings (SSSR count).